The molecule has 0 aliphatic carbocycles. The molecule has 1 aromatic rings. The summed E-state index contributed by atoms with van der Waals surface area (Å²) in [6, 6.07) is 2.30. The quantitative estimate of drug-likeness (QED) is 0.687. The van der Waals surface area contributed by atoms with Crippen molar-refractivity contribution in [3.63, 3.8) is 0 Å². The summed E-state index contributed by atoms with van der Waals surface area (Å²) >= 11 is 0. The fraction of sp³-hybridized carbons (Fsp3) is 0.333. The summed E-state index contributed by atoms with van der Waals surface area (Å²) < 4.78 is 24.2. The van der Waals surface area contributed by atoms with E-state index in [2.05, 4.69) is 0 Å². The van der Waals surface area contributed by atoms with Gasteiger partial charge >= 0.3 is 0 Å². The van der Waals surface area contributed by atoms with Crippen LogP contribution in [-0.2, 0) is 6.54 Å². The highest BCUT2D eigenvalue weighted by atomic mass is 19.3. The Morgan fingerprint density at radius 1 is 1.27 bits per heavy atom. The third-order valence-corrected chi connectivity index (χ3v) is 1.26. The molecule has 0 fully saturated rings. The van der Waals surface area contributed by atoms with Crippen molar-refractivity contribution >= 4 is 0 Å². The molecule has 0 aromatic carbocycles. The van der Waals surface area contributed by atoms with E-state index in [0.29, 0.717) is 0 Å². The molecule has 0 saturated carbocycles. The summed E-state index contributed by atoms with van der Waals surface area (Å²) in [6.07, 6.45) is -2.58. The zero-order chi connectivity index (χ0) is 8.43. The average Bonchev–Trinajstić information content (AvgIpc) is 2.18. The number of rotatable bonds is 2. The van der Waals surface area contributed by atoms with Crippen LogP contribution in [0.5, 0.6) is 11.8 Å². The van der Waals surface area contributed by atoms with Gasteiger partial charge in [0.05, 0.1) is 6.54 Å². The topological polar surface area (TPSA) is 45.4 Å². The fourth-order valence-electron chi connectivity index (χ4n) is 0.771. The van der Waals surface area contributed by atoms with Gasteiger partial charge in [0.2, 0.25) is 0 Å². The van der Waals surface area contributed by atoms with Crippen LogP contribution in [0.2, 0.25) is 0 Å². The van der Waals surface area contributed by atoms with Crippen LogP contribution in [0.25, 0.3) is 0 Å². The van der Waals surface area contributed by atoms with E-state index in [9.17, 15) is 8.78 Å². The number of hydrogen-bond donors (Lipinski definition) is 2. The molecule has 0 saturated heterocycles. The van der Waals surface area contributed by atoms with E-state index in [-0.39, 0.29) is 11.8 Å². The second kappa shape index (κ2) is 2.77. The number of aromatic hydroxyl groups is 2. The molecule has 11 heavy (non-hydrogen) atoms. The summed E-state index contributed by atoms with van der Waals surface area (Å²) in [5.41, 5.74) is 0. The molecule has 1 heterocycles. The molecule has 0 radical (unpaired) electrons. The predicted octanol–water partition coefficient (Wildman–Crippen LogP) is 1.16. The van der Waals surface area contributed by atoms with Crippen molar-refractivity contribution in [1.82, 2.24) is 4.57 Å². The zero-order valence-corrected chi connectivity index (χ0v) is 5.54. The van der Waals surface area contributed by atoms with Crippen LogP contribution in [0, 0.1) is 0 Å². The van der Waals surface area contributed by atoms with Crippen LogP contribution in [0.1, 0.15) is 0 Å². The Balaban J connectivity index is 2.83. The lowest BCUT2D eigenvalue weighted by Gasteiger charge is -2.04. The first-order valence-electron chi connectivity index (χ1n) is 2.97. The number of alkyl halides is 2. The van der Waals surface area contributed by atoms with Gasteiger partial charge in [0.25, 0.3) is 6.43 Å². The largest absolute Gasteiger partial charge is 0.494 e. The summed E-state index contributed by atoms with van der Waals surface area (Å²) in [6.45, 7) is -0.690. The molecule has 0 amide bonds. The van der Waals surface area contributed by atoms with E-state index in [1.54, 1.807) is 0 Å². The number of aromatic nitrogens is 1. The first-order chi connectivity index (χ1) is 5.11. The van der Waals surface area contributed by atoms with Crippen molar-refractivity contribution in [1.29, 1.82) is 0 Å². The summed E-state index contributed by atoms with van der Waals surface area (Å²) in [5.74, 6) is -0.717. The molecule has 0 aliphatic rings. The van der Waals surface area contributed by atoms with Crippen molar-refractivity contribution < 1.29 is 19.0 Å². The highest BCUT2D eigenvalue weighted by Crippen LogP contribution is 2.21. The van der Waals surface area contributed by atoms with Gasteiger partial charge in [-0.3, -0.25) is 4.57 Å². The van der Waals surface area contributed by atoms with Crippen LogP contribution in [0.4, 0.5) is 8.78 Å². The minimum Gasteiger partial charge on any atom is -0.494 e. The summed E-state index contributed by atoms with van der Waals surface area (Å²) in [4.78, 5) is 0. The molecule has 62 valence electrons. The highest BCUT2D eigenvalue weighted by molar-refractivity contribution is 5.23. The molecule has 1 rings (SSSR count). The molecule has 0 spiro atoms. The van der Waals surface area contributed by atoms with E-state index in [4.69, 9.17) is 10.2 Å². The van der Waals surface area contributed by atoms with Gasteiger partial charge in [0.1, 0.15) is 0 Å². The summed E-state index contributed by atoms with van der Waals surface area (Å²) in [7, 11) is 0. The number of hydrogen-bond acceptors (Lipinski definition) is 2. The van der Waals surface area contributed by atoms with Crippen LogP contribution >= 0.6 is 0 Å². The Morgan fingerprint density at radius 2 is 1.73 bits per heavy atom. The molecule has 3 nitrogen and oxygen atoms in total. The SMILES string of the molecule is Oc1ccc(O)n1CC(F)F. The van der Waals surface area contributed by atoms with E-state index in [1.165, 1.54) is 0 Å². The molecule has 0 atom stereocenters. The van der Waals surface area contributed by atoms with Crippen molar-refractivity contribution in [2.24, 2.45) is 0 Å². The van der Waals surface area contributed by atoms with Crippen molar-refractivity contribution in [3.8, 4) is 11.8 Å². The molecule has 0 aliphatic heterocycles. The monoisotopic (exact) mass is 163 g/mol. The Kier molecular flexibility index (Phi) is 1.98. The Morgan fingerprint density at radius 3 is 2.09 bits per heavy atom. The van der Waals surface area contributed by atoms with Gasteiger partial charge in [0.15, 0.2) is 11.8 Å². The van der Waals surface area contributed by atoms with Gasteiger partial charge in [0, 0.05) is 12.1 Å². The molecular weight excluding hydrogens is 156 g/mol. The van der Waals surface area contributed by atoms with E-state index in [1.807, 2.05) is 0 Å². The second-order valence-corrected chi connectivity index (χ2v) is 2.05. The molecular formula is C6H7F2NO2. The normalized spacial score (nSPS) is 10.8. The van der Waals surface area contributed by atoms with Gasteiger partial charge in [-0.15, -0.1) is 0 Å². The Hall–Kier alpha value is -1.26. The third kappa shape index (κ3) is 1.60. The van der Waals surface area contributed by atoms with Crippen LogP contribution in [-0.4, -0.2) is 21.2 Å². The predicted molar refractivity (Wildman–Crippen MR) is 33.8 cm³/mol. The standard InChI is InChI=1S/C6H7F2NO2/c7-4(8)3-9-5(10)1-2-6(9)11/h1-2,4,10-11H,3H2. The minimum atomic E-state index is -2.58. The smallest absolute Gasteiger partial charge is 0.256 e. The maximum atomic E-state index is 11.7. The van der Waals surface area contributed by atoms with Gasteiger partial charge in [-0.1, -0.05) is 0 Å². The van der Waals surface area contributed by atoms with Crippen LogP contribution in [0.15, 0.2) is 12.1 Å². The van der Waals surface area contributed by atoms with Gasteiger partial charge in [-0.25, -0.2) is 8.78 Å². The lowest BCUT2D eigenvalue weighted by Crippen LogP contribution is -2.04. The van der Waals surface area contributed by atoms with Gasteiger partial charge < -0.3 is 10.2 Å². The van der Waals surface area contributed by atoms with Crippen molar-refractivity contribution in [3.05, 3.63) is 12.1 Å². The van der Waals surface area contributed by atoms with E-state index >= 15 is 0 Å². The first-order valence-corrected chi connectivity index (χ1v) is 2.97. The van der Waals surface area contributed by atoms with Gasteiger partial charge in [-0.05, 0) is 0 Å². The van der Waals surface area contributed by atoms with Crippen molar-refractivity contribution in [2.75, 3.05) is 0 Å². The molecule has 0 unspecified atom stereocenters. The van der Waals surface area contributed by atoms with Gasteiger partial charge in [-0.2, -0.15) is 0 Å². The van der Waals surface area contributed by atoms with Crippen LogP contribution < -0.4 is 0 Å². The average molecular weight is 163 g/mol. The maximum Gasteiger partial charge on any atom is 0.256 e. The summed E-state index contributed by atoms with van der Waals surface area (Å²) in [5, 5.41) is 17.7. The zero-order valence-electron chi connectivity index (χ0n) is 5.54. The van der Waals surface area contributed by atoms with Crippen molar-refractivity contribution in [2.45, 2.75) is 13.0 Å². The molecule has 2 N–H and O–H groups in total. The lowest BCUT2D eigenvalue weighted by molar-refractivity contribution is 0.119. The molecule has 1 aromatic heterocycles. The molecule has 5 heteroatoms. The van der Waals surface area contributed by atoms with E-state index in [0.717, 1.165) is 16.7 Å². The maximum absolute atomic E-state index is 11.7. The second-order valence-electron chi connectivity index (χ2n) is 2.05. The molecule has 0 bridgehead atoms. The Labute approximate surface area is 61.5 Å². The Bertz CT molecular complexity index is 227. The van der Waals surface area contributed by atoms with E-state index < -0.39 is 13.0 Å². The minimum absolute atomic E-state index is 0.359. The lowest BCUT2D eigenvalue weighted by atomic mass is 10.6. The third-order valence-electron chi connectivity index (χ3n) is 1.26. The fourth-order valence-corrected chi connectivity index (χ4v) is 0.771. The first kappa shape index (κ1) is 7.84. The highest BCUT2D eigenvalue weighted by Gasteiger charge is 2.10. The number of nitrogens with zero attached hydrogens (tertiary/aromatic N) is 1. The van der Waals surface area contributed by atoms with Crippen LogP contribution in [0.3, 0.4) is 0 Å². The number of halogens is 2.